The van der Waals surface area contributed by atoms with E-state index in [9.17, 15) is 19.5 Å². The van der Waals surface area contributed by atoms with Gasteiger partial charge < -0.3 is 24.9 Å². The molecule has 0 aliphatic heterocycles. The average molecular weight is 592 g/mol. The van der Waals surface area contributed by atoms with Gasteiger partial charge in [-0.15, -0.1) is 0 Å². The van der Waals surface area contributed by atoms with E-state index in [1.807, 2.05) is 49.6 Å². The van der Waals surface area contributed by atoms with Crippen molar-refractivity contribution in [1.29, 1.82) is 0 Å². The number of nitrogens with zero attached hydrogens (tertiary/aromatic N) is 3. The van der Waals surface area contributed by atoms with E-state index in [0.717, 1.165) is 40.6 Å². The summed E-state index contributed by atoms with van der Waals surface area (Å²) in [6, 6.07) is 18.5. The van der Waals surface area contributed by atoms with Crippen molar-refractivity contribution < 1.29 is 19.5 Å². The van der Waals surface area contributed by atoms with E-state index < -0.39 is 17.4 Å². The third kappa shape index (κ3) is 5.23. The molecule has 0 unspecified atom stereocenters. The first kappa shape index (κ1) is 29.2. The summed E-state index contributed by atoms with van der Waals surface area (Å²) in [7, 11) is 3.71. The smallest absolute Gasteiger partial charge is 0.352 e. The van der Waals surface area contributed by atoms with Gasteiger partial charge in [-0.05, 0) is 86.7 Å². The number of carbonyl (C=O) groups is 3. The molecule has 1 fully saturated rings. The zero-order valence-corrected chi connectivity index (χ0v) is 25.5. The topological polar surface area (TPSA) is 118 Å². The van der Waals surface area contributed by atoms with Crippen LogP contribution in [0, 0.1) is 0 Å². The molecule has 9 heteroatoms. The monoisotopic (exact) mass is 591 g/mol. The van der Waals surface area contributed by atoms with Crippen LogP contribution in [0.2, 0.25) is 0 Å². The van der Waals surface area contributed by atoms with Crippen LogP contribution in [0.3, 0.4) is 0 Å². The van der Waals surface area contributed by atoms with Crippen LogP contribution in [0.4, 0.5) is 5.69 Å². The Bertz CT molecular complexity index is 1910. The van der Waals surface area contributed by atoms with Gasteiger partial charge in [0.2, 0.25) is 5.91 Å². The lowest BCUT2D eigenvalue weighted by Gasteiger charge is -2.25. The lowest BCUT2D eigenvalue weighted by Crippen LogP contribution is -2.52. The Labute approximate surface area is 255 Å². The lowest BCUT2D eigenvalue weighted by molar-refractivity contribution is -0.120. The van der Waals surface area contributed by atoms with Crippen molar-refractivity contribution in [3.05, 3.63) is 83.7 Å². The highest BCUT2D eigenvalue weighted by molar-refractivity contribution is 6.06. The first-order valence-electron chi connectivity index (χ1n) is 15.1. The van der Waals surface area contributed by atoms with Gasteiger partial charge in [-0.1, -0.05) is 31.4 Å². The van der Waals surface area contributed by atoms with Crippen LogP contribution in [0.15, 0.2) is 66.9 Å². The third-order valence-electron chi connectivity index (χ3n) is 8.94. The van der Waals surface area contributed by atoms with Crippen molar-refractivity contribution in [2.24, 2.45) is 14.1 Å². The maximum atomic E-state index is 13.5. The van der Waals surface area contributed by atoms with Crippen molar-refractivity contribution in [2.75, 3.05) is 5.32 Å². The number of carboxylic acid groups (broad SMARTS) is 1. The standard InChI is InChI=1S/C35H37N5O4/c1-35(2,34(44)37-24-14-16-27-23(18-24)20-29(33(42)43)39(27)3)38-32(41)22-13-15-25-28(19-22)40(4)31(26-12-8-9-17-36-26)30(25)21-10-6-5-7-11-21/h8-9,12-21H,5-7,10-11H2,1-4H3,(H,37,44)(H,38,41)(H,42,43). The van der Waals surface area contributed by atoms with Crippen molar-refractivity contribution >= 4 is 45.3 Å². The summed E-state index contributed by atoms with van der Waals surface area (Å²) in [5.74, 6) is -1.32. The molecule has 1 saturated carbocycles. The number of benzene rings is 2. The van der Waals surface area contributed by atoms with Crippen LogP contribution in [-0.2, 0) is 18.9 Å². The van der Waals surface area contributed by atoms with Crippen molar-refractivity contribution in [3.8, 4) is 11.4 Å². The van der Waals surface area contributed by atoms with Crippen LogP contribution >= 0.6 is 0 Å². The molecule has 3 aromatic heterocycles. The number of aryl methyl sites for hydroxylation is 2. The van der Waals surface area contributed by atoms with E-state index in [-0.39, 0.29) is 11.6 Å². The number of anilines is 1. The van der Waals surface area contributed by atoms with E-state index in [1.165, 1.54) is 24.8 Å². The van der Waals surface area contributed by atoms with E-state index >= 15 is 0 Å². The molecule has 0 saturated heterocycles. The number of amides is 2. The van der Waals surface area contributed by atoms with Crippen molar-refractivity contribution in [1.82, 2.24) is 19.4 Å². The maximum absolute atomic E-state index is 13.5. The normalized spacial score (nSPS) is 14.2. The van der Waals surface area contributed by atoms with Gasteiger partial charge in [-0.2, -0.15) is 0 Å². The number of carbonyl (C=O) groups excluding carboxylic acids is 2. The number of hydrogen-bond acceptors (Lipinski definition) is 4. The Kier molecular flexibility index (Phi) is 7.49. The summed E-state index contributed by atoms with van der Waals surface area (Å²) in [5, 5.41) is 17.0. The molecular weight excluding hydrogens is 554 g/mol. The summed E-state index contributed by atoms with van der Waals surface area (Å²) < 4.78 is 3.74. The van der Waals surface area contributed by atoms with Gasteiger partial charge in [0, 0.05) is 53.3 Å². The van der Waals surface area contributed by atoms with Crippen LogP contribution in [0.5, 0.6) is 0 Å². The predicted octanol–water partition coefficient (Wildman–Crippen LogP) is 6.63. The number of aromatic nitrogens is 3. The number of carboxylic acids is 1. The van der Waals surface area contributed by atoms with E-state index in [0.29, 0.717) is 22.6 Å². The molecule has 0 radical (unpaired) electrons. The largest absolute Gasteiger partial charge is 0.477 e. The fraction of sp³-hybridized carbons (Fsp3) is 0.314. The molecule has 6 rings (SSSR count). The minimum Gasteiger partial charge on any atom is -0.477 e. The summed E-state index contributed by atoms with van der Waals surface area (Å²) in [5.41, 5.74) is 4.91. The Morgan fingerprint density at radius 2 is 1.68 bits per heavy atom. The van der Waals surface area contributed by atoms with E-state index in [4.69, 9.17) is 0 Å². The summed E-state index contributed by atoms with van der Waals surface area (Å²) in [6.07, 6.45) is 7.78. The SMILES string of the molecule is Cn1c(C(=O)O)cc2cc(NC(=O)C(C)(C)NC(=O)c3ccc4c(C5CCCCC5)c(-c5ccccn5)n(C)c4c3)ccc21. The lowest BCUT2D eigenvalue weighted by atomic mass is 9.82. The quantitative estimate of drug-likeness (QED) is 0.196. The highest BCUT2D eigenvalue weighted by Gasteiger charge is 2.31. The molecule has 5 aromatic rings. The zero-order chi connectivity index (χ0) is 31.2. The molecule has 3 heterocycles. The Morgan fingerprint density at radius 1 is 0.909 bits per heavy atom. The number of aromatic carboxylic acids is 1. The van der Waals surface area contributed by atoms with Crippen LogP contribution < -0.4 is 10.6 Å². The molecule has 9 nitrogen and oxygen atoms in total. The second-order valence-corrected chi connectivity index (χ2v) is 12.3. The minimum atomic E-state index is -1.23. The zero-order valence-electron chi connectivity index (χ0n) is 25.5. The second kappa shape index (κ2) is 11.3. The first-order valence-corrected chi connectivity index (χ1v) is 15.1. The van der Waals surface area contributed by atoms with Crippen LogP contribution in [0.1, 0.15) is 78.3 Å². The number of nitrogens with one attached hydrogen (secondary N) is 2. The van der Waals surface area contributed by atoms with Crippen molar-refractivity contribution in [3.63, 3.8) is 0 Å². The first-order chi connectivity index (χ1) is 21.0. The number of rotatable bonds is 7. The Morgan fingerprint density at radius 3 is 2.39 bits per heavy atom. The van der Waals surface area contributed by atoms with Gasteiger partial charge in [0.15, 0.2) is 0 Å². The van der Waals surface area contributed by atoms with E-state index in [2.05, 4.69) is 20.2 Å². The van der Waals surface area contributed by atoms with Gasteiger partial charge >= 0.3 is 5.97 Å². The van der Waals surface area contributed by atoms with Crippen molar-refractivity contribution in [2.45, 2.75) is 57.4 Å². The number of fused-ring (bicyclic) bond motifs is 2. The molecule has 1 aliphatic carbocycles. The maximum Gasteiger partial charge on any atom is 0.352 e. The van der Waals surface area contributed by atoms with Crippen LogP contribution in [-0.4, -0.2) is 42.5 Å². The highest BCUT2D eigenvalue weighted by Crippen LogP contribution is 2.43. The molecule has 3 N–H and O–H groups in total. The fourth-order valence-electron chi connectivity index (χ4n) is 6.56. The fourth-order valence-corrected chi connectivity index (χ4v) is 6.56. The van der Waals surface area contributed by atoms with Gasteiger partial charge in [0.25, 0.3) is 5.91 Å². The van der Waals surface area contributed by atoms with E-state index in [1.54, 1.807) is 49.7 Å². The summed E-state index contributed by atoms with van der Waals surface area (Å²) in [6.45, 7) is 3.32. The molecule has 1 aliphatic rings. The Balaban J connectivity index is 1.26. The third-order valence-corrected chi connectivity index (χ3v) is 8.94. The molecular formula is C35H37N5O4. The van der Waals surface area contributed by atoms with Gasteiger partial charge in [-0.3, -0.25) is 14.6 Å². The molecule has 0 atom stereocenters. The van der Waals surface area contributed by atoms with Gasteiger partial charge in [-0.25, -0.2) is 4.79 Å². The minimum absolute atomic E-state index is 0.157. The molecule has 0 spiro atoms. The summed E-state index contributed by atoms with van der Waals surface area (Å²) >= 11 is 0. The average Bonchev–Trinajstić information content (AvgIpc) is 3.50. The molecule has 0 bridgehead atoms. The molecule has 2 amide bonds. The second-order valence-electron chi connectivity index (χ2n) is 12.3. The number of pyridine rings is 1. The van der Waals surface area contributed by atoms with Crippen LogP contribution in [0.25, 0.3) is 33.2 Å². The number of hydrogen-bond donors (Lipinski definition) is 3. The molecule has 2 aromatic carbocycles. The molecule has 226 valence electrons. The summed E-state index contributed by atoms with van der Waals surface area (Å²) in [4.78, 5) is 43.1. The predicted molar refractivity (Wildman–Crippen MR) is 172 cm³/mol. The van der Waals surface area contributed by atoms with Gasteiger partial charge in [0.1, 0.15) is 11.2 Å². The Hall–Kier alpha value is -4.92. The highest BCUT2D eigenvalue weighted by atomic mass is 16.4. The molecule has 44 heavy (non-hydrogen) atoms. The van der Waals surface area contributed by atoms with Gasteiger partial charge in [0.05, 0.1) is 11.4 Å².